The third-order valence-corrected chi connectivity index (χ3v) is 7.59. The number of benzene rings is 1. The van der Waals surface area contributed by atoms with Crippen molar-refractivity contribution in [2.24, 2.45) is 0 Å². The summed E-state index contributed by atoms with van der Waals surface area (Å²) in [7, 11) is 0. The number of hydrogen-bond acceptors (Lipinski definition) is 4. The van der Waals surface area contributed by atoms with Crippen LogP contribution >= 0.6 is 0 Å². The minimum atomic E-state index is -1.41. The van der Waals surface area contributed by atoms with E-state index in [4.69, 9.17) is 16.3 Å². The molecule has 2 aliphatic heterocycles. The summed E-state index contributed by atoms with van der Waals surface area (Å²) in [6, 6.07) is 3.77. The maximum Gasteiger partial charge on any atom is 0.258 e. The second kappa shape index (κ2) is 7.54. The molecule has 0 saturated carbocycles. The van der Waals surface area contributed by atoms with Gasteiger partial charge in [0.2, 0.25) is 0 Å². The van der Waals surface area contributed by atoms with E-state index in [1.807, 2.05) is 26.0 Å². The lowest BCUT2D eigenvalue weighted by Crippen LogP contribution is -2.38. The minimum absolute atomic E-state index is 0.104. The quantitative estimate of drug-likeness (QED) is 0.408. The fourth-order valence-corrected chi connectivity index (χ4v) is 5.80. The molecule has 174 valence electrons. The Morgan fingerprint density at radius 2 is 2.06 bits per heavy atom. The summed E-state index contributed by atoms with van der Waals surface area (Å²) < 4.78 is 7.37. The van der Waals surface area contributed by atoms with Crippen LogP contribution in [-0.4, -0.2) is 14.7 Å². The van der Waals surface area contributed by atoms with Gasteiger partial charge in [-0.25, -0.2) is 9.83 Å². The fourth-order valence-electron chi connectivity index (χ4n) is 5.80. The van der Waals surface area contributed by atoms with Gasteiger partial charge >= 0.3 is 0 Å². The molecule has 6 nitrogen and oxygen atoms in total. The molecule has 2 aromatic heterocycles. The van der Waals surface area contributed by atoms with Crippen LogP contribution in [-0.2, 0) is 29.9 Å². The van der Waals surface area contributed by atoms with Crippen LogP contribution in [0.2, 0.25) is 0 Å². The van der Waals surface area contributed by atoms with Crippen molar-refractivity contribution in [3.63, 3.8) is 0 Å². The number of aryl methyl sites for hydroxylation is 1. The molecule has 6 heteroatoms. The monoisotopic (exact) mass is 455 g/mol. The smallest absolute Gasteiger partial charge is 0.258 e. The van der Waals surface area contributed by atoms with Gasteiger partial charge in [-0.2, -0.15) is 0 Å². The number of pyridine rings is 2. The first kappa shape index (κ1) is 22.4. The summed E-state index contributed by atoms with van der Waals surface area (Å²) in [4.78, 5) is 22.4. The first-order valence-corrected chi connectivity index (χ1v) is 11.9. The zero-order chi connectivity index (χ0) is 24.5. The molecule has 0 unspecified atom stereocenters. The van der Waals surface area contributed by atoms with Gasteiger partial charge in [-0.1, -0.05) is 34.3 Å². The van der Waals surface area contributed by atoms with Crippen LogP contribution in [0.5, 0.6) is 0 Å². The Hall–Kier alpha value is -3.43. The molecule has 34 heavy (non-hydrogen) atoms. The molecular formula is C28H29N3O3. The van der Waals surface area contributed by atoms with Crippen molar-refractivity contribution in [3.05, 3.63) is 79.6 Å². The van der Waals surface area contributed by atoms with Gasteiger partial charge in [0.25, 0.3) is 5.56 Å². The molecule has 1 N–H and O–H groups in total. The molecular weight excluding hydrogens is 426 g/mol. The summed E-state index contributed by atoms with van der Waals surface area (Å²) in [5.74, 6) is 0.500. The van der Waals surface area contributed by atoms with E-state index in [0.717, 1.165) is 39.7 Å². The van der Waals surface area contributed by atoms with Crippen LogP contribution in [0.15, 0.2) is 29.3 Å². The highest BCUT2D eigenvalue weighted by Gasteiger charge is 2.41. The number of nitrogens with zero attached hydrogens (tertiary/aromatic N) is 3. The van der Waals surface area contributed by atoms with Crippen LogP contribution in [0, 0.1) is 13.5 Å². The Morgan fingerprint density at radius 3 is 2.68 bits per heavy atom. The number of fused-ring (bicyclic) bond motifs is 5. The van der Waals surface area contributed by atoms with Crippen molar-refractivity contribution >= 4 is 16.6 Å². The highest BCUT2D eigenvalue weighted by Crippen LogP contribution is 2.45. The molecule has 0 spiro atoms. The van der Waals surface area contributed by atoms with Gasteiger partial charge < -0.3 is 14.4 Å². The molecule has 0 saturated heterocycles. The average Bonchev–Trinajstić information content (AvgIpc) is 3.18. The van der Waals surface area contributed by atoms with E-state index in [0.29, 0.717) is 35.5 Å². The van der Waals surface area contributed by atoms with E-state index < -0.39 is 5.60 Å². The number of aromatic nitrogens is 2. The molecule has 1 atom stereocenters. The topological polar surface area (TPSA) is 68.7 Å². The van der Waals surface area contributed by atoms with Crippen LogP contribution < -0.4 is 5.56 Å². The second-order valence-electron chi connectivity index (χ2n) is 9.60. The van der Waals surface area contributed by atoms with Crippen LogP contribution in [0.3, 0.4) is 0 Å². The van der Waals surface area contributed by atoms with Crippen LogP contribution in [0.25, 0.3) is 27.1 Å². The molecule has 0 aliphatic carbocycles. The normalized spacial score (nSPS) is 18.5. The zero-order valence-electron chi connectivity index (χ0n) is 20.4. The number of ether oxygens (including phenoxy) is 1. The summed E-state index contributed by atoms with van der Waals surface area (Å²) in [6.45, 7) is 22.4. The van der Waals surface area contributed by atoms with E-state index in [2.05, 4.69) is 32.2 Å². The summed E-state index contributed by atoms with van der Waals surface area (Å²) in [6.07, 6.45) is 1.14. The summed E-state index contributed by atoms with van der Waals surface area (Å²) in [5.41, 5.74) is 6.71. The largest absolute Gasteiger partial charge is 0.490 e. The third-order valence-electron chi connectivity index (χ3n) is 7.59. The van der Waals surface area contributed by atoms with Crippen molar-refractivity contribution in [1.29, 1.82) is 0 Å². The van der Waals surface area contributed by atoms with Crippen molar-refractivity contribution in [1.82, 2.24) is 9.55 Å². The lowest BCUT2D eigenvalue weighted by Gasteiger charge is -2.35. The number of rotatable bonds is 3. The molecule has 0 radical (unpaired) electrons. The Balaban J connectivity index is 1.88. The highest BCUT2D eigenvalue weighted by atomic mass is 16.5. The maximum atomic E-state index is 13.6. The van der Waals surface area contributed by atoms with E-state index in [-0.39, 0.29) is 23.8 Å². The van der Waals surface area contributed by atoms with Crippen molar-refractivity contribution in [2.45, 2.75) is 72.1 Å². The van der Waals surface area contributed by atoms with E-state index in [9.17, 15) is 9.90 Å². The maximum absolute atomic E-state index is 13.6. The third kappa shape index (κ3) is 2.77. The average molecular weight is 456 g/mol. The first-order valence-electron chi connectivity index (χ1n) is 11.9. The Kier molecular flexibility index (Phi) is 4.96. The summed E-state index contributed by atoms with van der Waals surface area (Å²) >= 11 is 0. The molecule has 3 aromatic rings. The van der Waals surface area contributed by atoms with Gasteiger partial charge in [0.15, 0.2) is 5.69 Å². The Labute approximate surface area is 199 Å². The van der Waals surface area contributed by atoms with Gasteiger partial charge in [-0.05, 0) is 54.5 Å². The predicted molar refractivity (Wildman–Crippen MR) is 133 cm³/mol. The standard InChI is InChI=1S/C28H29N3O3/c1-8-17-18-12-31-23(10-20-19(27(31)32)13-34-16(6)28(20,33)9-2)26(18)30-22-11-21(29-7)15(5)24(14(3)4)25(17)22/h10-11,14,33H,6,8-9,12-13H2,1-5H3/t28-/m1/s1. The Bertz CT molecular complexity index is 1510. The summed E-state index contributed by atoms with van der Waals surface area (Å²) in [5, 5.41) is 12.5. The number of aliphatic hydroxyl groups is 1. The van der Waals surface area contributed by atoms with Gasteiger partial charge in [-0.15, -0.1) is 0 Å². The molecule has 2 aliphatic rings. The second-order valence-corrected chi connectivity index (χ2v) is 9.60. The van der Waals surface area contributed by atoms with Crippen molar-refractivity contribution in [2.75, 3.05) is 0 Å². The molecule has 1 aromatic carbocycles. The molecule has 0 bridgehead atoms. The lowest BCUT2D eigenvalue weighted by atomic mass is 9.84. The van der Waals surface area contributed by atoms with Crippen molar-refractivity contribution in [3.8, 4) is 11.4 Å². The predicted octanol–water partition coefficient (Wildman–Crippen LogP) is 5.61. The SMILES string of the molecule is [C-]#[N+]c1cc2nc3c(c(CC)c2c(C(C)C)c1C)Cn1c-3cc2c(c1=O)COC(=C)[C@]2(O)CC. The molecule has 0 amide bonds. The Morgan fingerprint density at radius 1 is 1.32 bits per heavy atom. The van der Waals surface area contributed by atoms with Gasteiger partial charge in [-0.3, -0.25) is 4.79 Å². The van der Waals surface area contributed by atoms with Gasteiger partial charge in [0.05, 0.1) is 35.6 Å². The van der Waals surface area contributed by atoms with E-state index in [1.54, 1.807) is 4.57 Å². The molecule has 4 heterocycles. The number of hydrogen-bond donors (Lipinski definition) is 1. The highest BCUT2D eigenvalue weighted by molar-refractivity contribution is 5.95. The molecule has 0 fully saturated rings. The van der Waals surface area contributed by atoms with E-state index >= 15 is 0 Å². The zero-order valence-corrected chi connectivity index (χ0v) is 20.4. The van der Waals surface area contributed by atoms with Crippen LogP contribution in [0.1, 0.15) is 73.4 Å². The van der Waals surface area contributed by atoms with E-state index in [1.165, 1.54) is 5.56 Å². The lowest BCUT2D eigenvalue weighted by molar-refractivity contribution is -0.0172. The minimum Gasteiger partial charge on any atom is -0.490 e. The fraction of sp³-hybridized carbons (Fsp3) is 0.393. The van der Waals surface area contributed by atoms with Crippen LogP contribution in [0.4, 0.5) is 5.69 Å². The van der Waals surface area contributed by atoms with Gasteiger partial charge in [0.1, 0.15) is 18.0 Å². The van der Waals surface area contributed by atoms with Crippen molar-refractivity contribution < 1.29 is 9.84 Å². The first-order chi connectivity index (χ1) is 16.2. The van der Waals surface area contributed by atoms with Gasteiger partial charge in [0, 0.05) is 16.5 Å². The molecule has 5 rings (SSSR count).